The highest BCUT2D eigenvalue weighted by molar-refractivity contribution is 8.00. The molecule has 0 saturated carbocycles. The van der Waals surface area contributed by atoms with E-state index in [1.165, 1.54) is 17.9 Å². The van der Waals surface area contributed by atoms with Crippen LogP contribution in [0.2, 0.25) is 0 Å². The Kier molecular flexibility index (Phi) is 8.76. The third-order valence-corrected chi connectivity index (χ3v) is 5.59. The molecule has 1 N–H and O–H groups in total. The first-order valence-electron chi connectivity index (χ1n) is 9.95. The van der Waals surface area contributed by atoms with Gasteiger partial charge in [0.05, 0.1) is 17.9 Å². The minimum atomic E-state index is -0.265. The van der Waals surface area contributed by atoms with Crippen molar-refractivity contribution in [1.82, 2.24) is 9.88 Å². The van der Waals surface area contributed by atoms with Crippen LogP contribution in [-0.4, -0.2) is 46.3 Å². The zero-order valence-corrected chi connectivity index (χ0v) is 19.0. The van der Waals surface area contributed by atoms with Crippen molar-refractivity contribution in [2.24, 2.45) is 0 Å². The molecule has 0 aliphatic heterocycles. The van der Waals surface area contributed by atoms with Crippen LogP contribution in [0.4, 0.5) is 5.69 Å². The number of ketones is 1. The normalized spacial score (nSPS) is 10.3. The van der Waals surface area contributed by atoms with E-state index in [1.807, 2.05) is 44.2 Å². The average molecular weight is 439 g/mol. The summed E-state index contributed by atoms with van der Waals surface area (Å²) in [5.74, 6) is -0.606. The lowest BCUT2D eigenvalue weighted by molar-refractivity contribution is -0.132. The van der Waals surface area contributed by atoms with Gasteiger partial charge in [-0.25, -0.2) is 4.98 Å². The summed E-state index contributed by atoms with van der Waals surface area (Å²) < 4.78 is 0. The first kappa shape index (κ1) is 24.1. The smallest absolute Gasteiger partial charge is 0.244 e. The van der Waals surface area contributed by atoms with Gasteiger partial charge in [-0.15, -0.1) is 0 Å². The fourth-order valence-corrected chi connectivity index (χ4v) is 3.89. The summed E-state index contributed by atoms with van der Waals surface area (Å²) >= 11 is 1.13. The van der Waals surface area contributed by atoms with Gasteiger partial charge in [0.1, 0.15) is 11.1 Å². The van der Waals surface area contributed by atoms with Crippen LogP contribution >= 0.6 is 11.8 Å². The molecule has 0 spiro atoms. The molecular formula is C23H26N4O3S. The maximum Gasteiger partial charge on any atom is 0.244 e. The molecule has 1 aromatic heterocycles. The molecule has 1 heterocycles. The Morgan fingerprint density at radius 2 is 1.94 bits per heavy atom. The third-order valence-electron chi connectivity index (χ3n) is 4.61. The van der Waals surface area contributed by atoms with E-state index < -0.39 is 0 Å². The molecule has 0 aliphatic rings. The van der Waals surface area contributed by atoms with Gasteiger partial charge in [0, 0.05) is 23.5 Å². The highest BCUT2D eigenvalue weighted by Gasteiger charge is 2.19. The van der Waals surface area contributed by atoms with Crippen LogP contribution in [0.1, 0.15) is 47.4 Å². The first-order valence-corrected chi connectivity index (χ1v) is 10.9. The molecule has 2 aromatic rings. The number of nitriles is 1. The second kappa shape index (κ2) is 11.3. The number of carbonyl (C=O) groups is 3. The Morgan fingerprint density at radius 1 is 1.23 bits per heavy atom. The average Bonchev–Trinajstić information content (AvgIpc) is 2.73. The molecule has 31 heavy (non-hydrogen) atoms. The summed E-state index contributed by atoms with van der Waals surface area (Å²) in [6.45, 7) is 7.35. The first-order chi connectivity index (χ1) is 14.8. The molecule has 0 fully saturated rings. The van der Waals surface area contributed by atoms with E-state index in [1.54, 1.807) is 6.92 Å². The minimum Gasteiger partial charge on any atom is -0.333 e. The van der Waals surface area contributed by atoms with Crippen LogP contribution in [0.25, 0.3) is 0 Å². The fraction of sp³-hybridized carbons (Fsp3) is 0.348. The second-order valence-electron chi connectivity index (χ2n) is 7.11. The zero-order valence-electron chi connectivity index (χ0n) is 18.2. The number of hydrogen-bond acceptors (Lipinski definition) is 6. The van der Waals surface area contributed by atoms with Crippen molar-refractivity contribution in [2.45, 2.75) is 39.1 Å². The molecule has 0 bridgehead atoms. The maximum atomic E-state index is 12.8. The Hall–Kier alpha value is -3.18. The van der Waals surface area contributed by atoms with Gasteiger partial charge >= 0.3 is 0 Å². The van der Waals surface area contributed by atoms with Gasteiger partial charge in [0.25, 0.3) is 0 Å². The third kappa shape index (κ3) is 6.66. The van der Waals surface area contributed by atoms with Crippen LogP contribution in [0.5, 0.6) is 0 Å². The van der Waals surface area contributed by atoms with Crippen molar-refractivity contribution in [3.8, 4) is 6.07 Å². The molecule has 7 nitrogen and oxygen atoms in total. The van der Waals surface area contributed by atoms with Crippen molar-refractivity contribution in [3.05, 3.63) is 52.7 Å². The van der Waals surface area contributed by atoms with E-state index in [0.717, 1.165) is 23.0 Å². The van der Waals surface area contributed by atoms with Gasteiger partial charge in [-0.2, -0.15) is 5.26 Å². The number of amides is 2. The highest BCUT2D eigenvalue weighted by Crippen LogP contribution is 2.23. The zero-order chi connectivity index (χ0) is 23.0. The molecule has 0 radical (unpaired) electrons. The molecule has 8 heteroatoms. The lowest BCUT2D eigenvalue weighted by Gasteiger charge is -2.22. The predicted octanol–water partition coefficient (Wildman–Crippen LogP) is 3.74. The van der Waals surface area contributed by atoms with Crippen LogP contribution in [0.15, 0.2) is 35.4 Å². The Balaban J connectivity index is 2.06. The lowest BCUT2D eigenvalue weighted by Crippen LogP contribution is -2.39. The van der Waals surface area contributed by atoms with E-state index in [0.29, 0.717) is 29.2 Å². The molecule has 162 valence electrons. The van der Waals surface area contributed by atoms with Crippen LogP contribution in [0.3, 0.4) is 0 Å². The SMILES string of the molecule is CCCN(CC(=O)Nc1ccccc1C)C(=O)CSc1nc(C)c(C(C)=O)cc1C#N. The van der Waals surface area contributed by atoms with Crippen molar-refractivity contribution in [2.75, 3.05) is 24.2 Å². The number of rotatable bonds is 9. The summed E-state index contributed by atoms with van der Waals surface area (Å²) in [6, 6.07) is 11.0. The number of hydrogen-bond donors (Lipinski definition) is 1. The number of carbonyl (C=O) groups excluding carboxylic acids is 3. The Bertz CT molecular complexity index is 1030. The predicted molar refractivity (Wildman–Crippen MR) is 121 cm³/mol. The summed E-state index contributed by atoms with van der Waals surface area (Å²) in [5.41, 5.74) is 2.83. The molecule has 0 saturated heterocycles. The van der Waals surface area contributed by atoms with E-state index in [9.17, 15) is 19.6 Å². The summed E-state index contributed by atoms with van der Waals surface area (Å²) in [4.78, 5) is 42.8. The summed E-state index contributed by atoms with van der Waals surface area (Å²) in [7, 11) is 0. The molecule has 0 aliphatic carbocycles. The van der Waals surface area contributed by atoms with E-state index >= 15 is 0 Å². The topological polar surface area (TPSA) is 103 Å². The largest absolute Gasteiger partial charge is 0.333 e. The number of aryl methyl sites for hydroxylation is 2. The lowest BCUT2D eigenvalue weighted by atomic mass is 10.1. The Morgan fingerprint density at radius 3 is 2.55 bits per heavy atom. The Labute approximate surface area is 186 Å². The number of anilines is 1. The van der Waals surface area contributed by atoms with Crippen molar-refractivity contribution in [1.29, 1.82) is 5.26 Å². The van der Waals surface area contributed by atoms with Gasteiger partial charge in [-0.1, -0.05) is 36.9 Å². The number of para-hydroxylation sites is 1. The monoisotopic (exact) mass is 438 g/mol. The van der Waals surface area contributed by atoms with E-state index in [4.69, 9.17) is 0 Å². The number of pyridine rings is 1. The molecule has 1 aromatic carbocycles. The summed E-state index contributed by atoms with van der Waals surface area (Å²) in [6.07, 6.45) is 0.710. The number of nitrogens with one attached hydrogen (secondary N) is 1. The van der Waals surface area contributed by atoms with Gasteiger partial charge in [0.2, 0.25) is 11.8 Å². The number of Topliss-reactive ketones (excluding diaryl/α,β-unsaturated/α-hetero) is 1. The maximum absolute atomic E-state index is 12.8. The fourth-order valence-electron chi connectivity index (χ4n) is 2.99. The van der Waals surface area contributed by atoms with Crippen molar-refractivity contribution < 1.29 is 14.4 Å². The minimum absolute atomic E-state index is 0.0399. The molecule has 0 unspecified atom stereocenters. The molecule has 2 amide bonds. The van der Waals surface area contributed by atoms with Gasteiger partial charge in [-0.05, 0) is 44.9 Å². The van der Waals surface area contributed by atoms with Crippen LogP contribution in [-0.2, 0) is 9.59 Å². The van der Waals surface area contributed by atoms with E-state index in [-0.39, 0.29) is 35.5 Å². The van der Waals surface area contributed by atoms with Gasteiger partial charge in [0.15, 0.2) is 5.78 Å². The molecular weight excluding hydrogens is 412 g/mol. The molecule has 0 atom stereocenters. The van der Waals surface area contributed by atoms with Crippen LogP contribution < -0.4 is 5.32 Å². The summed E-state index contributed by atoms with van der Waals surface area (Å²) in [5, 5.41) is 12.6. The van der Waals surface area contributed by atoms with Crippen LogP contribution in [0, 0.1) is 25.2 Å². The highest BCUT2D eigenvalue weighted by atomic mass is 32.2. The number of nitrogens with zero attached hydrogens (tertiary/aromatic N) is 3. The standard InChI is InChI=1S/C23H26N4O3S/c1-5-10-27(13-21(29)26-20-9-7-6-8-15(20)2)22(30)14-31-23-18(12-24)11-19(17(4)28)16(3)25-23/h6-9,11H,5,10,13-14H2,1-4H3,(H,26,29). The van der Waals surface area contributed by atoms with E-state index in [2.05, 4.69) is 10.3 Å². The molecule has 2 rings (SSSR count). The van der Waals surface area contributed by atoms with Crippen molar-refractivity contribution in [3.63, 3.8) is 0 Å². The van der Waals surface area contributed by atoms with Gasteiger partial charge in [-0.3, -0.25) is 14.4 Å². The van der Waals surface area contributed by atoms with Gasteiger partial charge < -0.3 is 10.2 Å². The van der Waals surface area contributed by atoms with Crippen molar-refractivity contribution >= 4 is 35.0 Å². The quantitative estimate of drug-likeness (QED) is 0.472. The second-order valence-corrected chi connectivity index (χ2v) is 8.07. The number of benzene rings is 1. The number of aromatic nitrogens is 1. The number of thioether (sulfide) groups is 1.